The van der Waals surface area contributed by atoms with Crippen LogP contribution in [-0.2, 0) is 19.0 Å². The van der Waals surface area contributed by atoms with Crippen molar-refractivity contribution in [1.82, 2.24) is 0 Å². The normalized spacial score (nSPS) is 32.6. The van der Waals surface area contributed by atoms with Crippen molar-refractivity contribution in [2.75, 3.05) is 13.7 Å². The van der Waals surface area contributed by atoms with Crippen molar-refractivity contribution in [3.05, 3.63) is 11.6 Å². The molecule has 96 valence electrons. The molecule has 0 saturated heterocycles. The van der Waals surface area contributed by atoms with Gasteiger partial charge in [0, 0.05) is 13.0 Å². The van der Waals surface area contributed by atoms with Crippen LogP contribution < -0.4 is 0 Å². The van der Waals surface area contributed by atoms with Gasteiger partial charge in [-0.25, -0.2) is 4.79 Å². The number of methoxy groups -OCH3 is 1. The molecule has 2 rings (SSSR count). The van der Waals surface area contributed by atoms with E-state index in [4.69, 9.17) is 14.2 Å². The van der Waals surface area contributed by atoms with Crippen molar-refractivity contribution in [2.45, 2.75) is 45.0 Å². The van der Waals surface area contributed by atoms with Gasteiger partial charge < -0.3 is 14.2 Å². The molecule has 0 amide bonds. The average Bonchev–Trinajstić information content (AvgIpc) is 2.37. The lowest BCUT2D eigenvalue weighted by molar-refractivity contribution is -0.187. The first-order valence-electron chi connectivity index (χ1n) is 6.31. The number of fused-ring (bicyclic) bond motifs is 1. The van der Waals surface area contributed by atoms with Gasteiger partial charge in [0.15, 0.2) is 12.4 Å². The van der Waals surface area contributed by atoms with Crippen molar-refractivity contribution in [2.24, 2.45) is 5.92 Å². The number of hydrogen-bond acceptors (Lipinski definition) is 4. The van der Waals surface area contributed by atoms with Crippen LogP contribution in [0.4, 0.5) is 0 Å². The van der Waals surface area contributed by atoms with Gasteiger partial charge in [-0.05, 0) is 32.3 Å². The molecular formula is C13H20O4. The predicted molar refractivity (Wildman–Crippen MR) is 62.3 cm³/mol. The van der Waals surface area contributed by atoms with Crippen molar-refractivity contribution >= 4 is 5.97 Å². The summed E-state index contributed by atoms with van der Waals surface area (Å²) in [5.41, 5.74) is 1.30. The first-order valence-corrected chi connectivity index (χ1v) is 6.31. The van der Waals surface area contributed by atoms with E-state index < -0.39 is 12.4 Å². The molecule has 0 aromatic rings. The maximum Gasteiger partial charge on any atom is 0.336 e. The summed E-state index contributed by atoms with van der Waals surface area (Å²) in [6, 6.07) is 0. The Morgan fingerprint density at radius 3 is 3.06 bits per heavy atom. The summed E-state index contributed by atoms with van der Waals surface area (Å²) in [5.74, 6) is -0.0683. The summed E-state index contributed by atoms with van der Waals surface area (Å²) in [6.45, 7) is 2.20. The van der Waals surface area contributed by atoms with Gasteiger partial charge in [-0.2, -0.15) is 0 Å². The van der Waals surface area contributed by atoms with Gasteiger partial charge in [-0.15, -0.1) is 0 Å². The zero-order valence-corrected chi connectivity index (χ0v) is 10.5. The highest BCUT2D eigenvalue weighted by Crippen LogP contribution is 2.37. The number of ether oxygens (including phenoxy) is 3. The molecule has 17 heavy (non-hydrogen) atoms. The minimum atomic E-state index is -0.486. The molecule has 4 heteroatoms. The SMILES string of the molecule is CCOC(=O)[C@H]1O[C@H](OC)C=C2CCCC[C@@H]21. The van der Waals surface area contributed by atoms with Crippen molar-refractivity contribution < 1.29 is 19.0 Å². The monoisotopic (exact) mass is 240 g/mol. The van der Waals surface area contributed by atoms with E-state index in [1.807, 2.05) is 13.0 Å². The quantitative estimate of drug-likeness (QED) is 0.559. The number of rotatable bonds is 3. The van der Waals surface area contributed by atoms with Gasteiger partial charge >= 0.3 is 5.97 Å². The largest absolute Gasteiger partial charge is 0.464 e. The number of carbonyl (C=O) groups is 1. The third-order valence-corrected chi connectivity index (χ3v) is 3.45. The Balaban J connectivity index is 2.15. The second-order valence-electron chi connectivity index (χ2n) is 4.51. The van der Waals surface area contributed by atoms with E-state index in [-0.39, 0.29) is 11.9 Å². The molecule has 1 aliphatic heterocycles. The van der Waals surface area contributed by atoms with Crippen molar-refractivity contribution in [3.63, 3.8) is 0 Å². The van der Waals surface area contributed by atoms with Crippen LogP contribution in [0.1, 0.15) is 32.6 Å². The fourth-order valence-corrected chi connectivity index (χ4v) is 2.64. The van der Waals surface area contributed by atoms with Gasteiger partial charge in [-0.1, -0.05) is 12.0 Å². The van der Waals surface area contributed by atoms with E-state index in [2.05, 4.69) is 0 Å². The van der Waals surface area contributed by atoms with Crippen molar-refractivity contribution in [3.8, 4) is 0 Å². The van der Waals surface area contributed by atoms with E-state index >= 15 is 0 Å². The van der Waals surface area contributed by atoms with Crippen LogP contribution in [0.15, 0.2) is 11.6 Å². The van der Waals surface area contributed by atoms with E-state index in [1.54, 1.807) is 7.11 Å². The Bertz CT molecular complexity index is 311. The van der Waals surface area contributed by atoms with E-state index in [9.17, 15) is 4.79 Å². The van der Waals surface area contributed by atoms with Crippen LogP contribution in [-0.4, -0.2) is 32.1 Å². The van der Waals surface area contributed by atoms with Crippen molar-refractivity contribution in [1.29, 1.82) is 0 Å². The maximum absolute atomic E-state index is 11.9. The lowest BCUT2D eigenvalue weighted by atomic mass is 9.79. The molecule has 0 aromatic carbocycles. The molecule has 0 spiro atoms. The third-order valence-electron chi connectivity index (χ3n) is 3.45. The minimum Gasteiger partial charge on any atom is -0.464 e. The lowest BCUT2D eigenvalue weighted by Crippen LogP contribution is -2.42. The van der Waals surface area contributed by atoms with Crippen LogP contribution >= 0.6 is 0 Å². The molecule has 0 N–H and O–H groups in total. The van der Waals surface area contributed by atoms with Gasteiger partial charge in [0.1, 0.15) is 0 Å². The summed E-state index contributed by atoms with van der Waals surface area (Å²) in [5, 5.41) is 0. The van der Waals surface area contributed by atoms with E-state index in [0.717, 1.165) is 19.3 Å². The summed E-state index contributed by atoms with van der Waals surface area (Å²) >= 11 is 0. The van der Waals surface area contributed by atoms with E-state index in [0.29, 0.717) is 6.61 Å². The standard InChI is InChI=1S/C13H20O4/c1-3-16-13(14)12-10-7-5-4-6-9(10)8-11(15-2)17-12/h8,10-12H,3-7H2,1-2H3/t10-,11-,12-/m0/s1. The molecule has 0 unspecified atom stereocenters. The Morgan fingerprint density at radius 1 is 1.53 bits per heavy atom. The Kier molecular flexibility index (Phi) is 4.18. The highest BCUT2D eigenvalue weighted by Gasteiger charge is 2.39. The summed E-state index contributed by atoms with van der Waals surface area (Å²) < 4.78 is 15.9. The smallest absolute Gasteiger partial charge is 0.336 e. The Hall–Kier alpha value is -0.870. The zero-order chi connectivity index (χ0) is 12.3. The van der Waals surface area contributed by atoms with Gasteiger partial charge in [0.05, 0.1) is 6.61 Å². The molecule has 0 bridgehead atoms. The highest BCUT2D eigenvalue weighted by molar-refractivity contribution is 5.76. The molecule has 0 aromatic heterocycles. The summed E-state index contributed by atoms with van der Waals surface area (Å²) in [6.07, 6.45) is 5.51. The lowest BCUT2D eigenvalue weighted by Gasteiger charge is -2.37. The number of esters is 1. The first-order chi connectivity index (χ1) is 8.26. The van der Waals surface area contributed by atoms with Gasteiger partial charge in [0.25, 0.3) is 0 Å². The molecule has 1 aliphatic carbocycles. The molecule has 1 heterocycles. The van der Waals surface area contributed by atoms with Crippen LogP contribution in [0.25, 0.3) is 0 Å². The predicted octanol–water partition coefficient (Wildman–Crippen LogP) is 2.04. The summed E-state index contributed by atoms with van der Waals surface area (Å²) in [4.78, 5) is 11.9. The molecule has 4 nitrogen and oxygen atoms in total. The second kappa shape index (κ2) is 5.65. The van der Waals surface area contributed by atoms with Gasteiger partial charge in [-0.3, -0.25) is 0 Å². The minimum absolute atomic E-state index is 0.189. The second-order valence-corrected chi connectivity index (χ2v) is 4.51. The zero-order valence-electron chi connectivity index (χ0n) is 10.5. The molecule has 0 radical (unpaired) electrons. The fourth-order valence-electron chi connectivity index (χ4n) is 2.64. The van der Waals surface area contributed by atoms with Crippen LogP contribution in [0.3, 0.4) is 0 Å². The number of hydrogen-bond donors (Lipinski definition) is 0. The maximum atomic E-state index is 11.9. The van der Waals surface area contributed by atoms with Crippen LogP contribution in [0.5, 0.6) is 0 Å². The topological polar surface area (TPSA) is 44.8 Å². The van der Waals surface area contributed by atoms with Crippen LogP contribution in [0, 0.1) is 5.92 Å². The third kappa shape index (κ3) is 2.69. The number of carbonyl (C=O) groups excluding carboxylic acids is 1. The highest BCUT2D eigenvalue weighted by atomic mass is 16.7. The van der Waals surface area contributed by atoms with E-state index in [1.165, 1.54) is 12.0 Å². The Morgan fingerprint density at radius 2 is 2.35 bits per heavy atom. The van der Waals surface area contributed by atoms with Gasteiger partial charge in [0.2, 0.25) is 0 Å². The molecule has 1 fully saturated rings. The first kappa shape index (κ1) is 12.6. The average molecular weight is 240 g/mol. The molecular weight excluding hydrogens is 220 g/mol. The molecule has 1 saturated carbocycles. The Labute approximate surface area is 102 Å². The molecule has 3 atom stereocenters. The molecule has 2 aliphatic rings. The van der Waals surface area contributed by atoms with Crippen LogP contribution in [0.2, 0.25) is 0 Å². The summed E-state index contributed by atoms with van der Waals surface area (Å²) in [7, 11) is 1.59. The fraction of sp³-hybridized carbons (Fsp3) is 0.769.